The second-order valence-electron chi connectivity index (χ2n) is 5.92. The standard InChI is InChI=1S/C16H24ClFN2O2/c1-12(2)22-11-14(21)10-19-5-7-20(8-6-19)16-4-3-13(18)9-15(16)17/h3-4,9,12,14,21H,5-8,10-11H2,1-2H3. The molecule has 1 fully saturated rings. The van der Waals surface area contributed by atoms with Gasteiger partial charge in [0.25, 0.3) is 0 Å². The number of aliphatic hydroxyl groups is 1. The zero-order valence-electron chi connectivity index (χ0n) is 13.1. The number of hydrogen-bond donors (Lipinski definition) is 1. The summed E-state index contributed by atoms with van der Waals surface area (Å²) in [7, 11) is 0. The molecule has 1 aromatic rings. The Balaban J connectivity index is 1.80. The molecule has 124 valence electrons. The van der Waals surface area contributed by atoms with Gasteiger partial charge in [0.15, 0.2) is 0 Å². The van der Waals surface area contributed by atoms with E-state index < -0.39 is 6.10 Å². The molecule has 1 aliphatic heterocycles. The predicted octanol–water partition coefficient (Wildman–Crippen LogP) is 2.39. The number of nitrogens with zero attached hydrogens (tertiary/aromatic N) is 2. The van der Waals surface area contributed by atoms with Crippen molar-refractivity contribution in [3.63, 3.8) is 0 Å². The van der Waals surface area contributed by atoms with E-state index in [0.29, 0.717) is 18.2 Å². The summed E-state index contributed by atoms with van der Waals surface area (Å²) in [5.41, 5.74) is 0.867. The van der Waals surface area contributed by atoms with Gasteiger partial charge in [-0.2, -0.15) is 0 Å². The minimum absolute atomic E-state index is 0.132. The smallest absolute Gasteiger partial charge is 0.124 e. The Morgan fingerprint density at radius 1 is 1.27 bits per heavy atom. The molecular weight excluding hydrogens is 307 g/mol. The summed E-state index contributed by atoms with van der Waals surface area (Å²) in [5, 5.41) is 10.4. The first-order valence-corrected chi connectivity index (χ1v) is 8.05. The molecule has 22 heavy (non-hydrogen) atoms. The van der Waals surface area contributed by atoms with Crippen molar-refractivity contribution in [2.75, 3.05) is 44.2 Å². The molecule has 1 heterocycles. The minimum Gasteiger partial charge on any atom is -0.389 e. The van der Waals surface area contributed by atoms with Gasteiger partial charge >= 0.3 is 0 Å². The third kappa shape index (κ3) is 5.09. The van der Waals surface area contributed by atoms with Crippen LogP contribution in [0, 0.1) is 5.82 Å². The topological polar surface area (TPSA) is 35.9 Å². The van der Waals surface area contributed by atoms with Crippen molar-refractivity contribution in [2.45, 2.75) is 26.1 Å². The highest BCUT2D eigenvalue weighted by molar-refractivity contribution is 6.33. The molecule has 0 bridgehead atoms. The van der Waals surface area contributed by atoms with E-state index in [-0.39, 0.29) is 11.9 Å². The molecule has 1 aromatic carbocycles. The summed E-state index contributed by atoms with van der Waals surface area (Å²) in [5.74, 6) is -0.319. The van der Waals surface area contributed by atoms with Crippen LogP contribution in [-0.2, 0) is 4.74 Å². The van der Waals surface area contributed by atoms with Gasteiger partial charge in [-0.15, -0.1) is 0 Å². The van der Waals surface area contributed by atoms with Gasteiger partial charge in [0, 0.05) is 32.7 Å². The van der Waals surface area contributed by atoms with Crippen molar-refractivity contribution in [1.29, 1.82) is 0 Å². The Bertz CT molecular complexity index is 479. The Labute approximate surface area is 136 Å². The van der Waals surface area contributed by atoms with Crippen LogP contribution < -0.4 is 4.90 Å². The Kier molecular flexibility index (Phi) is 6.44. The molecule has 0 aromatic heterocycles. The first kappa shape index (κ1) is 17.5. The monoisotopic (exact) mass is 330 g/mol. The van der Waals surface area contributed by atoms with E-state index in [1.165, 1.54) is 12.1 Å². The summed E-state index contributed by atoms with van der Waals surface area (Å²) in [6.45, 7) is 8.18. The molecule has 0 radical (unpaired) electrons. The van der Waals surface area contributed by atoms with Gasteiger partial charge in [-0.05, 0) is 32.0 Å². The number of ether oxygens (including phenoxy) is 1. The molecule has 4 nitrogen and oxygen atoms in total. The van der Waals surface area contributed by atoms with Crippen molar-refractivity contribution in [2.24, 2.45) is 0 Å². The van der Waals surface area contributed by atoms with Crippen molar-refractivity contribution in [3.05, 3.63) is 29.0 Å². The van der Waals surface area contributed by atoms with Crippen LogP contribution in [0.1, 0.15) is 13.8 Å². The van der Waals surface area contributed by atoms with Crippen molar-refractivity contribution >= 4 is 17.3 Å². The van der Waals surface area contributed by atoms with Crippen LogP contribution in [0.4, 0.5) is 10.1 Å². The van der Waals surface area contributed by atoms with Crippen LogP contribution in [0.5, 0.6) is 0 Å². The van der Waals surface area contributed by atoms with Crippen molar-refractivity contribution in [3.8, 4) is 0 Å². The van der Waals surface area contributed by atoms with Gasteiger partial charge in [0.2, 0.25) is 0 Å². The molecule has 1 aliphatic rings. The predicted molar refractivity (Wildman–Crippen MR) is 87.2 cm³/mol. The number of halogens is 2. The van der Waals surface area contributed by atoms with E-state index in [1.807, 2.05) is 13.8 Å². The van der Waals surface area contributed by atoms with Crippen molar-refractivity contribution in [1.82, 2.24) is 4.90 Å². The number of anilines is 1. The van der Waals surface area contributed by atoms with Crippen LogP contribution in [0.25, 0.3) is 0 Å². The number of rotatable bonds is 6. The van der Waals surface area contributed by atoms with E-state index in [4.69, 9.17) is 16.3 Å². The molecule has 1 unspecified atom stereocenters. The maximum atomic E-state index is 13.1. The van der Waals surface area contributed by atoms with Gasteiger partial charge in [-0.3, -0.25) is 4.90 Å². The lowest BCUT2D eigenvalue weighted by molar-refractivity contribution is -0.00899. The summed E-state index contributed by atoms with van der Waals surface area (Å²) < 4.78 is 18.5. The quantitative estimate of drug-likeness (QED) is 0.869. The first-order chi connectivity index (χ1) is 10.5. The van der Waals surface area contributed by atoms with Crippen LogP contribution in [0.15, 0.2) is 18.2 Å². The van der Waals surface area contributed by atoms with Crippen LogP contribution in [-0.4, -0.2) is 61.5 Å². The average Bonchev–Trinajstić information content (AvgIpc) is 2.46. The lowest BCUT2D eigenvalue weighted by atomic mass is 10.2. The van der Waals surface area contributed by atoms with Crippen LogP contribution >= 0.6 is 11.6 Å². The Morgan fingerprint density at radius 2 is 1.95 bits per heavy atom. The number of piperazine rings is 1. The van der Waals surface area contributed by atoms with Crippen molar-refractivity contribution < 1.29 is 14.2 Å². The van der Waals surface area contributed by atoms with Gasteiger partial charge in [0.1, 0.15) is 5.82 Å². The fraction of sp³-hybridized carbons (Fsp3) is 0.625. The number of benzene rings is 1. The molecule has 2 rings (SSSR count). The fourth-order valence-electron chi connectivity index (χ4n) is 2.56. The lowest BCUT2D eigenvalue weighted by Gasteiger charge is -2.37. The molecule has 0 aliphatic carbocycles. The minimum atomic E-state index is -0.469. The molecule has 0 saturated carbocycles. The lowest BCUT2D eigenvalue weighted by Crippen LogP contribution is -2.49. The van der Waals surface area contributed by atoms with E-state index in [9.17, 15) is 9.50 Å². The highest BCUT2D eigenvalue weighted by atomic mass is 35.5. The number of aliphatic hydroxyl groups excluding tert-OH is 1. The SMILES string of the molecule is CC(C)OCC(O)CN1CCN(c2ccc(F)cc2Cl)CC1. The third-order valence-electron chi connectivity index (χ3n) is 3.71. The Hall–Kier alpha value is -0.880. The van der Waals surface area contributed by atoms with E-state index in [2.05, 4.69) is 9.80 Å². The molecule has 1 saturated heterocycles. The first-order valence-electron chi connectivity index (χ1n) is 7.67. The normalized spacial score (nSPS) is 18.0. The zero-order chi connectivity index (χ0) is 16.1. The highest BCUT2D eigenvalue weighted by Crippen LogP contribution is 2.27. The molecular formula is C16H24ClFN2O2. The average molecular weight is 331 g/mol. The summed E-state index contributed by atoms with van der Waals surface area (Å²) >= 11 is 6.10. The van der Waals surface area contributed by atoms with Gasteiger partial charge in [-0.25, -0.2) is 4.39 Å². The Morgan fingerprint density at radius 3 is 2.55 bits per heavy atom. The second-order valence-corrected chi connectivity index (χ2v) is 6.33. The van der Waals surface area contributed by atoms with Gasteiger partial charge in [0.05, 0.1) is 29.5 Å². The van der Waals surface area contributed by atoms with Crippen LogP contribution in [0.3, 0.4) is 0 Å². The third-order valence-corrected chi connectivity index (χ3v) is 4.02. The van der Waals surface area contributed by atoms with Gasteiger partial charge in [-0.1, -0.05) is 11.6 Å². The molecule has 0 amide bonds. The molecule has 1 N–H and O–H groups in total. The molecule has 1 atom stereocenters. The highest BCUT2D eigenvalue weighted by Gasteiger charge is 2.21. The summed E-state index contributed by atoms with van der Waals surface area (Å²) in [6.07, 6.45) is -0.338. The largest absolute Gasteiger partial charge is 0.389 e. The number of β-amino-alcohol motifs (C(OH)–C–C–N with tert-alkyl or cyclic N) is 1. The summed E-state index contributed by atoms with van der Waals surface area (Å²) in [6, 6.07) is 4.50. The van der Waals surface area contributed by atoms with E-state index in [0.717, 1.165) is 31.9 Å². The fourth-order valence-corrected chi connectivity index (χ4v) is 2.85. The van der Waals surface area contributed by atoms with E-state index >= 15 is 0 Å². The van der Waals surface area contributed by atoms with Crippen LogP contribution in [0.2, 0.25) is 5.02 Å². The molecule has 0 spiro atoms. The second kappa shape index (κ2) is 8.11. The van der Waals surface area contributed by atoms with E-state index in [1.54, 1.807) is 6.07 Å². The van der Waals surface area contributed by atoms with Gasteiger partial charge < -0.3 is 14.7 Å². The maximum Gasteiger partial charge on any atom is 0.124 e. The summed E-state index contributed by atoms with van der Waals surface area (Å²) in [4.78, 5) is 4.36. The zero-order valence-corrected chi connectivity index (χ0v) is 13.9. The molecule has 6 heteroatoms. The number of hydrogen-bond acceptors (Lipinski definition) is 4. The maximum absolute atomic E-state index is 13.1.